The maximum absolute atomic E-state index is 12.3. The minimum Gasteiger partial charge on any atom is -0.303 e. The Hall–Kier alpha value is -1.19. The summed E-state index contributed by atoms with van der Waals surface area (Å²) in [6.45, 7) is 3.25. The zero-order chi connectivity index (χ0) is 13.1. The van der Waals surface area contributed by atoms with E-state index in [4.69, 9.17) is 0 Å². The first kappa shape index (κ1) is 12.8. The molecule has 2 aromatic rings. The molecule has 0 unspecified atom stereocenters. The third kappa shape index (κ3) is 2.88. The Balaban J connectivity index is 1.66. The number of nitrogens with zero attached hydrogens (tertiary/aromatic N) is 1. The highest BCUT2D eigenvalue weighted by Gasteiger charge is 2.15. The van der Waals surface area contributed by atoms with Crippen LogP contribution in [0, 0.1) is 0 Å². The van der Waals surface area contributed by atoms with E-state index in [-0.39, 0.29) is 0 Å². The number of ketones is 1. The van der Waals surface area contributed by atoms with Crippen LogP contribution in [0.15, 0.2) is 29.6 Å². The van der Waals surface area contributed by atoms with Crippen molar-refractivity contribution in [2.75, 3.05) is 19.6 Å². The number of carbonyl (C=O) groups is 1. The first-order valence-electron chi connectivity index (χ1n) is 7.06. The molecule has 0 N–H and O–H groups in total. The molecule has 0 spiro atoms. The van der Waals surface area contributed by atoms with Gasteiger partial charge in [-0.3, -0.25) is 4.79 Å². The molecule has 3 heteroatoms. The zero-order valence-corrected chi connectivity index (χ0v) is 11.9. The smallest absolute Gasteiger partial charge is 0.165 e. The van der Waals surface area contributed by atoms with Gasteiger partial charge in [0.05, 0.1) is 0 Å². The van der Waals surface area contributed by atoms with E-state index >= 15 is 0 Å². The lowest BCUT2D eigenvalue weighted by atomic mass is 10.1. The molecule has 1 saturated heterocycles. The molecule has 0 amide bonds. The van der Waals surface area contributed by atoms with Crippen LogP contribution < -0.4 is 0 Å². The van der Waals surface area contributed by atoms with Crippen LogP contribution in [-0.2, 0) is 0 Å². The van der Waals surface area contributed by atoms with Crippen molar-refractivity contribution in [1.29, 1.82) is 0 Å². The predicted molar refractivity (Wildman–Crippen MR) is 81.1 cm³/mol. The van der Waals surface area contributed by atoms with Crippen molar-refractivity contribution < 1.29 is 4.79 Å². The van der Waals surface area contributed by atoms with Gasteiger partial charge >= 0.3 is 0 Å². The molecule has 100 valence electrons. The maximum atomic E-state index is 12.3. The van der Waals surface area contributed by atoms with Gasteiger partial charge in [-0.2, -0.15) is 0 Å². The van der Waals surface area contributed by atoms with E-state index in [1.165, 1.54) is 24.0 Å². The lowest BCUT2D eigenvalue weighted by Gasteiger charge is -2.25. The largest absolute Gasteiger partial charge is 0.303 e. The molecule has 1 fully saturated rings. The van der Waals surface area contributed by atoms with Gasteiger partial charge < -0.3 is 4.90 Å². The Kier molecular flexibility index (Phi) is 3.95. The number of piperidine rings is 1. The molecule has 1 aliphatic rings. The van der Waals surface area contributed by atoms with Gasteiger partial charge in [0, 0.05) is 34.0 Å². The van der Waals surface area contributed by atoms with Gasteiger partial charge in [-0.25, -0.2) is 0 Å². The van der Waals surface area contributed by atoms with Crippen LogP contribution in [0.3, 0.4) is 0 Å². The Bertz CT molecular complexity index is 569. The SMILES string of the molecule is O=C(CCN1CCCCC1)c1csc2ccccc12. The van der Waals surface area contributed by atoms with Gasteiger partial charge in [0.1, 0.15) is 0 Å². The van der Waals surface area contributed by atoms with Gasteiger partial charge in [-0.1, -0.05) is 24.6 Å². The molecule has 3 rings (SSSR count). The number of hydrogen-bond donors (Lipinski definition) is 0. The van der Waals surface area contributed by atoms with Gasteiger partial charge in [-0.05, 0) is 32.0 Å². The fraction of sp³-hybridized carbons (Fsp3) is 0.438. The van der Waals surface area contributed by atoms with Crippen LogP contribution in [0.25, 0.3) is 10.1 Å². The highest BCUT2D eigenvalue weighted by molar-refractivity contribution is 7.17. The lowest BCUT2D eigenvalue weighted by molar-refractivity contribution is 0.0960. The summed E-state index contributed by atoms with van der Waals surface area (Å²) in [5.74, 6) is 0.294. The number of rotatable bonds is 4. The van der Waals surface area contributed by atoms with Crippen LogP contribution in [0.5, 0.6) is 0 Å². The molecule has 19 heavy (non-hydrogen) atoms. The normalized spacial score (nSPS) is 16.8. The van der Waals surface area contributed by atoms with Crippen molar-refractivity contribution in [1.82, 2.24) is 4.90 Å². The third-order valence-electron chi connectivity index (χ3n) is 3.89. The standard InChI is InChI=1S/C16H19NOS/c18-15(8-11-17-9-4-1-5-10-17)14-12-19-16-7-3-2-6-13(14)16/h2-3,6-7,12H,1,4-5,8-11H2. The van der Waals surface area contributed by atoms with E-state index in [0.717, 1.165) is 30.6 Å². The number of carbonyl (C=O) groups excluding carboxylic acids is 1. The van der Waals surface area contributed by atoms with Crippen molar-refractivity contribution >= 4 is 27.2 Å². The molecule has 0 aliphatic carbocycles. The minimum absolute atomic E-state index is 0.294. The molecule has 1 aliphatic heterocycles. The summed E-state index contributed by atoms with van der Waals surface area (Å²) >= 11 is 1.67. The van der Waals surface area contributed by atoms with Gasteiger partial charge in [0.25, 0.3) is 0 Å². The van der Waals surface area contributed by atoms with Crippen LogP contribution in [0.2, 0.25) is 0 Å². The fourth-order valence-corrected chi connectivity index (χ4v) is 3.74. The number of likely N-dealkylation sites (tertiary alicyclic amines) is 1. The Morgan fingerprint density at radius 3 is 2.79 bits per heavy atom. The van der Waals surface area contributed by atoms with Crippen LogP contribution in [0.1, 0.15) is 36.0 Å². The van der Waals surface area contributed by atoms with E-state index in [2.05, 4.69) is 17.0 Å². The van der Waals surface area contributed by atoms with E-state index in [1.54, 1.807) is 11.3 Å². The number of hydrogen-bond acceptors (Lipinski definition) is 3. The summed E-state index contributed by atoms with van der Waals surface area (Å²) in [7, 11) is 0. The lowest BCUT2D eigenvalue weighted by Crippen LogP contribution is -2.31. The predicted octanol–water partition coefficient (Wildman–Crippen LogP) is 3.96. The summed E-state index contributed by atoms with van der Waals surface area (Å²) in [5.41, 5.74) is 0.914. The molecule has 1 aromatic heterocycles. The second kappa shape index (κ2) is 5.85. The summed E-state index contributed by atoms with van der Waals surface area (Å²) in [6, 6.07) is 8.18. The number of benzene rings is 1. The topological polar surface area (TPSA) is 20.3 Å². The molecule has 0 atom stereocenters. The average Bonchev–Trinajstić information content (AvgIpc) is 2.90. The van der Waals surface area contributed by atoms with E-state index in [1.807, 2.05) is 17.5 Å². The Labute approximate surface area is 118 Å². The Morgan fingerprint density at radius 1 is 1.16 bits per heavy atom. The first-order valence-corrected chi connectivity index (χ1v) is 7.94. The molecule has 2 heterocycles. The molecular weight excluding hydrogens is 254 g/mol. The summed E-state index contributed by atoms with van der Waals surface area (Å²) < 4.78 is 1.21. The van der Waals surface area contributed by atoms with E-state index in [9.17, 15) is 4.79 Å². The molecule has 2 nitrogen and oxygen atoms in total. The van der Waals surface area contributed by atoms with Gasteiger partial charge in [-0.15, -0.1) is 11.3 Å². The van der Waals surface area contributed by atoms with Crippen LogP contribution >= 0.6 is 11.3 Å². The van der Waals surface area contributed by atoms with Crippen molar-refractivity contribution in [2.24, 2.45) is 0 Å². The molecule has 0 saturated carbocycles. The molecule has 1 aromatic carbocycles. The maximum Gasteiger partial charge on any atom is 0.165 e. The Morgan fingerprint density at radius 2 is 1.95 bits per heavy atom. The second-order valence-corrected chi connectivity index (χ2v) is 6.13. The van der Waals surface area contributed by atoms with Gasteiger partial charge in [0.15, 0.2) is 5.78 Å². The van der Waals surface area contributed by atoms with Gasteiger partial charge in [0.2, 0.25) is 0 Å². The molecule has 0 bridgehead atoms. The summed E-state index contributed by atoms with van der Waals surface area (Å²) in [6.07, 6.45) is 4.57. The molecule has 0 radical (unpaired) electrons. The second-order valence-electron chi connectivity index (χ2n) is 5.22. The first-order chi connectivity index (χ1) is 9.34. The summed E-state index contributed by atoms with van der Waals surface area (Å²) in [5, 5.41) is 3.14. The minimum atomic E-state index is 0.294. The van der Waals surface area contributed by atoms with Crippen LogP contribution in [-0.4, -0.2) is 30.3 Å². The van der Waals surface area contributed by atoms with E-state index < -0.39 is 0 Å². The van der Waals surface area contributed by atoms with Crippen LogP contribution in [0.4, 0.5) is 0 Å². The molecular formula is C16H19NOS. The highest BCUT2D eigenvalue weighted by Crippen LogP contribution is 2.26. The van der Waals surface area contributed by atoms with Crippen molar-refractivity contribution in [3.8, 4) is 0 Å². The quantitative estimate of drug-likeness (QED) is 0.786. The fourth-order valence-electron chi connectivity index (χ4n) is 2.77. The highest BCUT2D eigenvalue weighted by atomic mass is 32.1. The monoisotopic (exact) mass is 273 g/mol. The number of Topliss-reactive ketones (excluding diaryl/α,β-unsaturated/α-hetero) is 1. The van der Waals surface area contributed by atoms with Crippen molar-refractivity contribution in [2.45, 2.75) is 25.7 Å². The average molecular weight is 273 g/mol. The number of fused-ring (bicyclic) bond motifs is 1. The number of thiophene rings is 1. The van der Waals surface area contributed by atoms with Crippen molar-refractivity contribution in [3.63, 3.8) is 0 Å². The zero-order valence-electron chi connectivity index (χ0n) is 11.1. The van der Waals surface area contributed by atoms with E-state index in [0.29, 0.717) is 12.2 Å². The summed E-state index contributed by atoms with van der Waals surface area (Å²) in [4.78, 5) is 14.8. The van der Waals surface area contributed by atoms with Crippen molar-refractivity contribution in [3.05, 3.63) is 35.2 Å². The third-order valence-corrected chi connectivity index (χ3v) is 4.85.